The van der Waals surface area contributed by atoms with Crippen molar-refractivity contribution in [1.82, 2.24) is 9.88 Å². The zero-order valence-electron chi connectivity index (χ0n) is 17.6. The van der Waals surface area contributed by atoms with Gasteiger partial charge in [-0.1, -0.05) is 18.2 Å². The molecule has 1 heterocycles. The second-order valence-electron chi connectivity index (χ2n) is 7.27. The number of carbonyl (C=O) groups is 1. The number of aromatic nitrogens is 1. The van der Waals surface area contributed by atoms with Crippen LogP contribution in [0.4, 0.5) is 5.69 Å². The lowest BCUT2D eigenvalue weighted by atomic mass is 10.0. The number of ether oxygens (including phenoxy) is 1. The molecule has 0 atom stereocenters. The summed E-state index contributed by atoms with van der Waals surface area (Å²) in [5.74, 6) is -0.384. The van der Waals surface area contributed by atoms with Crippen molar-refractivity contribution < 1.29 is 9.53 Å². The normalized spacial score (nSPS) is 10.8. The molecule has 2 aromatic carbocycles. The van der Waals surface area contributed by atoms with E-state index >= 15 is 0 Å². The molecule has 0 amide bonds. The lowest BCUT2D eigenvalue weighted by molar-refractivity contribution is 0.0527. The van der Waals surface area contributed by atoms with Crippen LogP contribution in [0.15, 0.2) is 48.7 Å². The monoisotopic (exact) mass is 402 g/mol. The first-order chi connectivity index (χ1) is 14.5. The maximum absolute atomic E-state index is 12.5. The van der Waals surface area contributed by atoms with Crippen LogP contribution in [0.5, 0.6) is 0 Å². The van der Waals surface area contributed by atoms with E-state index in [9.17, 15) is 4.79 Å². The quantitative estimate of drug-likeness (QED) is 0.447. The second-order valence-corrected chi connectivity index (χ2v) is 7.27. The molecule has 0 radical (unpaired) electrons. The Morgan fingerprint density at radius 2 is 1.90 bits per heavy atom. The number of anilines is 1. The van der Waals surface area contributed by atoms with Gasteiger partial charge in [-0.15, -0.1) is 0 Å². The van der Waals surface area contributed by atoms with Crippen molar-refractivity contribution in [3.63, 3.8) is 0 Å². The summed E-state index contributed by atoms with van der Waals surface area (Å²) in [5.41, 5.74) is 4.59. The number of hydrogen-bond acceptors (Lipinski definition) is 6. The third-order valence-corrected chi connectivity index (χ3v) is 4.79. The minimum absolute atomic E-state index is 0.308. The van der Waals surface area contributed by atoms with E-state index in [1.807, 2.05) is 44.4 Å². The molecule has 0 unspecified atom stereocenters. The fraction of sp³-hybridized carbons (Fsp3) is 0.292. The molecule has 0 aliphatic carbocycles. The van der Waals surface area contributed by atoms with E-state index in [0.717, 1.165) is 47.2 Å². The van der Waals surface area contributed by atoms with E-state index in [-0.39, 0.29) is 5.97 Å². The molecular formula is C24H26N4O2. The van der Waals surface area contributed by atoms with E-state index in [2.05, 4.69) is 21.3 Å². The van der Waals surface area contributed by atoms with Crippen molar-refractivity contribution >= 4 is 22.6 Å². The molecule has 0 bridgehead atoms. The number of esters is 1. The van der Waals surface area contributed by atoms with Crippen molar-refractivity contribution in [3.8, 4) is 17.2 Å². The van der Waals surface area contributed by atoms with Crippen LogP contribution in [0, 0.1) is 11.3 Å². The smallest absolute Gasteiger partial charge is 0.341 e. The number of carbonyl (C=O) groups excluding carboxylic acids is 1. The molecule has 0 fully saturated rings. The van der Waals surface area contributed by atoms with E-state index < -0.39 is 0 Å². The minimum atomic E-state index is -0.384. The largest absolute Gasteiger partial charge is 0.462 e. The number of nitrogens with one attached hydrogen (secondary N) is 1. The number of nitrogens with zero attached hydrogens (tertiary/aromatic N) is 3. The molecule has 0 saturated carbocycles. The third-order valence-electron chi connectivity index (χ3n) is 4.79. The number of hydrogen-bond donors (Lipinski definition) is 1. The highest BCUT2D eigenvalue weighted by Gasteiger charge is 2.17. The Labute approximate surface area is 177 Å². The van der Waals surface area contributed by atoms with E-state index in [0.29, 0.717) is 17.7 Å². The highest BCUT2D eigenvalue weighted by Crippen LogP contribution is 2.31. The van der Waals surface area contributed by atoms with Gasteiger partial charge in [0, 0.05) is 18.1 Å². The van der Waals surface area contributed by atoms with Crippen molar-refractivity contribution in [2.24, 2.45) is 0 Å². The van der Waals surface area contributed by atoms with Crippen LogP contribution in [0.1, 0.15) is 29.3 Å². The van der Waals surface area contributed by atoms with Gasteiger partial charge in [-0.05, 0) is 69.4 Å². The fourth-order valence-corrected chi connectivity index (χ4v) is 3.27. The molecule has 0 saturated heterocycles. The number of pyridine rings is 1. The SMILES string of the molecule is CCOC(=O)c1cnc2ccc(-c3ccc(C#N)cc3)cc2c1NCCCN(C)C. The molecule has 3 aromatic rings. The second kappa shape index (κ2) is 9.86. The zero-order chi connectivity index (χ0) is 21.5. The number of fused-ring (bicyclic) bond motifs is 1. The number of benzene rings is 2. The van der Waals surface area contributed by atoms with Crippen molar-refractivity contribution in [1.29, 1.82) is 5.26 Å². The van der Waals surface area contributed by atoms with E-state index in [1.165, 1.54) is 0 Å². The lowest BCUT2D eigenvalue weighted by Crippen LogP contribution is -2.17. The Morgan fingerprint density at radius 3 is 2.57 bits per heavy atom. The molecule has 154 valence electrons. The number of nitriles is 1. The van der Waals surface area contributed by atoms with E-state index in [1.54, 1.807) is 25.3 Å². The Balaban J connectivity index is 2.03. The molecule has 6 heteroatoms. The summed E-state index contributed by atoms with van der Waals surface area (Å²) >= 11 is 0. The third kappa shape index (κ3) is 4.94. The van der Waals surface area contributed by atoms with Crippen LogP contribution in [0.2, 0.25) is 0 Å². The van der Waals surface area contributed by atoms with Gasteiger partial charge >= 0.3 is 5.97 Å². The molecule has 30 heavy (non-hydrogen) atoms. The standard InChI is InChI=1S/C24H26N4O2/c1-4-30-24(29)21-16-27-22-11-10-19(18-8-6-17(15-25)7-9-18)14-20(22)23(21)26-12-5-13-28(2)3/h6-11,14,16H,4-5,12-13H2,1-3H3,(H,26,27). The van der Waals surface area contributed by atoms with Crippen molar-refractivity contribution in [2.45, 2.75) is 13.3 Å². The highest BCUT2D eigenvalue weighted by molar-refractivity contribution is 6.05. The van der Waals surface area contributed by atoms with Gasteiger partial charge < -0.3 is 15.0 Å². The summed E-state index contributed by atoms with van der Waals surface area (Å²) in [7, 11) is 4.07. The van der Waals surface area contributed by atoms with Crippen LogP contribution in [0.3, 0.4) is 0 Å². The first kappa shape index (κ1) is 21.3. The maximum atomic E-state index is 12.5. The molecule has 3 rings (SSSR count). The maximum Gasteiger partial charge on any atom is 0.341 e. The van der Waals surface area contributed by atoms with Gasteiger partial charge in [0.15, 0.2) is 0 Å². The predicted molar refractivity (Wildman–Crippen MR) is 120 cm³/mol. The average molecular weight is 402 g/mol. The Morgan fingerprint density at radius 1 is 1.17 bits per heavy atom. The fourth-order valence-electron chi connectivity index (χ4n) is 3.27. The Bertz CT molecular complexity index is 1070. The van der Waals surface area contributed by atoms with Crippen LogP contribution in [0.25, 0.3) is 22.0 Å². The Hall–Kier alpha value is -3.43. The summed E-state index contributed by atoms with van der Waals surface area (Å²) in [6, 6.07) is 15.6. The van der Waals surface area contributed by atoms with E-state index in [4.69, 9.17) is 10.00 Å². The van der Waals surface area contributed by atoms with Crippen LogP contribution in [-0.2, 0) is 4.74 Å². The molecule has 1 N–H and O–H groups in total. The van der Waals surface area contributed by atoms with Gasteiger partial charge in [0.1, 0.15) is 5.56 Å². The average Bonchev–Trinajstić information content (AvgIpc) is 2.76. The van der Waals surface area contributed by atoms with Gasteiger partial charge in [-0.25, -0.2) is 4.79 Å². The van der Waals surface area contributed by atoms with Crippen molar-refractivity contribution in [2.75, 3.05) is 39.1 Å². The summed E-state index contributed by atoms with van der Waals surface area (Å²) in [4.78, 5) is 19.1. The Kier molecular flexibility index (Phi) is 6.99. The summed E-state index contributed by atoms with van der Waals surface area (Å²) in [5, 5.41) is 13.3. The zero-order valence-corrected chi connectivity index (χ0v) is 17.6. The lowest BCUT2D eigenvalue weighted by Gasteiger charge is -2.16. The number of rotatable bonds is 8. The topological polar surface area (TPSA) is 78.2 Å². The van der Waals surface area contributed by atoms with Gasteiger partial charge in [0.25, 0.3) is 0 Å². The minimum Gasteiger partial charge on any atom is -0.462 e. The van der Waals surface area contributed by atoms with Crippen LogP contribution < -0.4 is 5.32 Å². The van der Waals surface area contributed by atoms with Crippen LogP contribution >= 0.6 is 0 Å². The highest BCUT2D eigenvalue weighted by atomic mass is 16.5. The summed E-state index contributed by atoms with van der Waals surface area (Å²) in [6.45, 7) is 3.77. The van der Waals surface area contributed by atoms with Gasteiger partial charge in [-0.3, -0.25) is 4.98 Å². The van der Waals surface area contributed by atoms with Gasteiger partial charge in [0.05, 0.1) is 29.4 Å². The summed E-state index contributed by atoms with van der Waals surface area (Å²) in [6.07, 6.45) is 2.52. The molecule has 0 aliphatic rings. The predicted octanol–water partition coefficient (Wildman–Crippen LogP) is 4.31. The molecule has 6 nitrogen and oxygen atoms in total. The first-order valence-electron chi connectivity index (χ1n) is 10.0. The van der Waals surface area contributed by atoms with Crippen molar-refractivity contribution in [3.05, 3.63) is 59.8 Å². The van der Waals surface area contributed by atoms with Gasteiger partial charge in [-0.2, -0.15) is 5.26 Å². The van der Waals surface area contributed by atoms with Crippen LogP contribution in [-0.4, -0.2) is 49.6 Å². The summed E-state index contributed by atoms with van der Waals surface area (Å²) < 4.78 is 5.24. The molecular weight excluding hydrogens is 376 g/mol. The first-order valence-corrected chi connectivity index (χ1v) is 10.0. The van der Waals surface area contributed by atoms with Gasteiger partial charge in [0.2, 0.25) is 0 Å². The molecule has 0 aliphatic heterocycles. The molecule has 0 spiro atoms. The molecule has 1 aromatic heterocycles.